The summed E-state index contributed by atoms with van der Waals surface area (Å²) in [5, 5.41) is 13.5. The van der Waals surface area contributed by atoms with E-state index in [9.17, 15) is 4.79 Å². The third-order valence-electron chi connectivity index (χ3n) is 3.88. The number of fused-ring (bicyclic) bond motifs is 1. The van der Waals surface area contributed by atoms with Crippen molar-refractivity contribution in [2.45, 2.75) is 37.4 Å². The number of carbonyl (C=O) groups is 1. The van der Waals surface area contributed by atoms with Crippen LogP contribution in [0.2, 0.25) is 0 Å². The zero-order chi connectivity index (χ0) is 16.5. The van der Waals surface area contributed by atoms with Crippen molar-refractivity contribution in [3.8, 4) is 0 Å². The van der Waals surface area contributed by atoms with Gasteiger partial charge < -0.3 is 4.57 Å². The maximum atomic E-state index is 12.2. The number of carbonyl (C=O) groups excluding carboxylic acids is 1. The molecule has 4 rings (SSSR count). The summed E-state index contributed by atoms with van der Waals surface area (Å²) in [7, 11) is 0. The first-order valence-electron chi connectivity index (χ1n) is 7.96. The summed E-state index contributed by atoms with van der Waals surface area (Å²) >= 11 is 2.93. The fourth-order valence-electron chi connectivity index (χ4n) is 2.53. The summed E-state index contributed by atoms with van der Waals surface area (Å²) in [5.41, 5.74) is 2.06. The zero-order valence-electron chi connectivity index (χ0n) is 13.2. The van der Waals surface area contributed by atoms with Gasteiger partial charge in [0.1, 0.15) is 5.01 Å². The second-order valence-electron chi connectivity index (χ2n) is 5.68. The third kappa shape index (κ3) is 3.16. The van der Waals surface area contributed by atoms with Crippen molar-refractivity contribution in [3.63, 3.8) is 0 Å². The van der Waals surface area contributed by atoms with Crippen molar-refractivity contribution in [2.24, 2.45) is 0 Å². The normalized spacial score (nSPS) is 14.2. The Bertz CT molecular complexity index is 884. The number of aromatic nitrogens is 4. The number of benzene rings is 1. The van der Waals surface area contributed by atoms with E-state index in [0.29, 0.717) is 16.8 Å². The van der Waals surface area contributed by atoms with Gasteiger partial charge in [0.05, 0.1) is 16.8 Å². The lowest BCUT2D eigenvalue weighted by atomic mass is 10.3. The maximum Gasteiger partial charge on any atom is 0.236 e. The van der Waals surface area contributed by atoms with Crippen molar-refractivity contribution in [1.29, 1.82) is 0 Å². The molecule has 0 aliphatic heterocycles. The lowest BCUT2D eigenvalue weighted by Gasteiger charge is -2.05. The van der Waals surface area contributed by atoms with Gasteiger partial charge in [-0.25, -0.2) is 4.98 Å². The van der Waals surface area contributed by atoms with Gasteiger partial charge in [-0.15, -0.1) is 10.2 Å². The molecule has 1 aromatic carbocycles. The lowest BCUT2D eigenvalue weighted by molar-refractivity contribution is -0.113. The molecule has 0 saturated heterocycles. The number of hydrogen-bond acceptors (Lipinski definition) is 6. The van der Waals surface area contributed by atoms with Crippen LogP contribution in [-0.4, -0.2) is 31.4 Å². The SMILES string of the molecule is CCn1c(SCC(=O)Nc2nnc(C3CC3)s2)nc2ccccc21. The minimum absolute atomic E-state index is 0.0757. The van der Waals surface area contributed by atoms with Crippen molar-refractivity contribution >= 4 is 45.2 Å². The Morgan fingerprint density at radius 3 is 3.00 bits per heavy atom. The number of para-hydroxylation sites is 2. The monoisotopic (exact) mass is 359 g/mol. The van der Waals surface area contributed by atoms with E-state index in [1.54, 1.807) is 0 Å². The van der Waals surface area contributed by atoms with E-state index in [1.807, 2.05) is 18.2 Å². The smallest absolute Gasteiger partial charge is 0.236 e. The molecule has 1 fully saturated rings. The van der Waals surface area contributed by atoms with Gasteiger partial charge >= 0.3 is 0 Å². The van der Waals surface area contributed by atoms with Gasteiger partial charge in [0.15, 0.2) is 5.16 Å². The van der Waals surface area contributed by atoms with Crippen LogP contribution in [-0.2, 0) is 11.3 Å². The largest absolute Gasteiger partial charge is 0.319 e. The van der Waals surface area contributed by atoms with Gasteiger partial charge in [-0.1, -0.05) is 35.2 Å². The molecule has 1 aliphatic carbocycles. The Kier molecular flexibility index (Phi) is 4.24. The number of hydrogen-bond donors (Lipinski definition) is 1. The molecule has 2 aromatic heterocycles. The molecule has 24 heavy (non-hydrogen) atoms. The molecule has 1 N–H and O–H groups in total. The summed E-state index contributed by atoms with van der Waals surface area (Å²) in [6.07, 6.45) is 2.37. The Morgan fingerprint density at radius 1 is 1.38 bits per heavy atom. The van der Waals surface area contributed by atoms with Crippen molar-refractivity contribution in [2.75, 3.05) is 11.1 Å². The van der Waals surface area contributed by atoms with Gasteiger partial charge in [0, 0.05) is 12.5 Å². The molecule has 0 spiro atoms. The average Bonchev–Trinajstić information content (AvgIpc) is 3.23. The first kappa shape index (κ1) is 15.6. The summed E-state index contributed by atoms with van der Waals surface area (Å²) in [6, 6.07) is 8.02. The van der Waals surface area contributed by atoms with Crippen LogP contribution in [0.5, 0.6) is 0 Å². The van der Waals surface area contributed by atoms with Crippen LogP contribution in [0.4, 0.5) is 5.13 Å². The maximum absolute atomic E-state index is 12.2. The second-order valence-corrected chi connectivity index (χ2v) is 7.64. The highest BCUT2D eigenvalue weighted by molar-refractivity contribution is 7.99. The highest BCUT2D eigenvalue weighted by Gasteiger charge is 2.27. The van der Waals surface area contributed by atoms with Gasteiger partial charge in [-0.05, 0) is 31.9 Å². The topological polar surface area (TPSA) is 72.7 Å². The third-order valence-corrected chi connectivity index (χ3v) is 5.86. The number of nitrogens with zero attached hydrogens (tertiary/aromatic N) is 4. The van der Waals surface area contributed by atoms with E-state index < -0.39 is 0 Å². The number of rotatable bonds is 6. The van der Waals surface area contributed by atoms with Crippen LogP contribution in [0.3, 0.4) is 0 Å². The molecule has 0 radical (unpaired) electrons. The Morgan fingerprint density at radius 2 is 2.21 bits per heavy atom. The quantitative estimate of drug-likeness (QED) is 0.682. The summed E-state index contributed by atoms with van der Waals surface area (Å²) < 4.78 is 2.13. The van der Waals surface area contributed by atoms with Crippen LogP contribution >= 0.6 is 23.1 Å². The molecule has 1 aliphatic rings. The molecule has 1 saturated carbocycles. The van der Waals surface area contributed by atoms with E-state index in [1.165, 1.54) is 35.9 Å². The molecule has 3 aromatic rings. The fourth-order valence-corrected chi connectivity index (χ4v) is 4.34. The van der Waals surface area contributed by atoms with Crippen LogP contribution in [0.25, 0.3) is 11.0 Å². The first-order valence-corrected chi connectivity index (χ1v) is 9.76. The average molecular weight is 359 g/mol. The van der Waals surface area contributed by atoms with Gasteiger partial charge in [0.2, 0.25) is 11.0 Å². The van der Waals surface area contributed by atoms with E-state index >= 15 is 0 Å². The number of amides is 1. The molecule has 1 amide bonds. The summed E-state index contributed by atoms with van der Waals surface area (Å²) in [4.78, 5) is 16.8. The van der Waals surface area contributed by atoms with Crippen molar-refractivity contribution in [1.82, 2.24) is 19.7 Å². The zero-order valence-corrected chi connectivity index (χ0v) is 14.9. The molecular weight excluding hydrogens is 342 g/mol. The van der Waals surface area contributed by atoms with Gasteiger partial charge in [-0.3, -0.25) is 10.1 Å². The van der Waals surface area contributed by atoms with E-state index in [-0.39, 0.29) is 5.91 Å². The summed E-state index contributed by atoms with van der Waals surface area (Å²) in [6.45, 7) is 2.91. The molecule has 6 nitrogen and oxygen atoms in total. The minimum Gasteiger partial charge on any atom is -0.319 e. The highest BCUT2D eigenvalue weighted by atomic mass is 32.2. The Labute approximate surface area is 147 Å². The number of aryl methyl sites for hydroxylation is 1. The second kappa shape index (κ2) is 6.52. The molecule has 124 valence electrons. The molecule has 0 unspecified atom stereocenters. The predicted molar refractivity (Wildman–Crippen MR) is 96.6 cm³/mol. The van der Waals surface area contributed by atoms with E-state index in [0.717, 1.165) is 27.7 Å². The number of imidazole rings is 1. The predicted octanol–water partition coefficient (Wildman–Crippen LogP) is 3.52. The number of thioether (sulfide) groups is 1. The van der Waals surface area contributed by atoms with Crippen LogP contribution in [0.15, 0.2) is 29.4 Å². The summed E-state index contributed by atoms with van der Waals surface area (Å²) in [5.74, 6) is 0.793. The minimum atomic E-state index is -0.0757. The van der Waals surface area contributed by atoms with Crippen LogP contribution in [0, 0.1) is 0 Å². The molecule has 0 atom stereocenters. The van der Waals surface area contributed by atoms with Crippen LogP contribution < -0.4 is 5.32 Å². The molecule has 0 bridgehead atoms. The number of nitrogens with one attached hydrogen (secondary N) is 1. The molecule has 2 heterocycles. The van der Waals surface area contributed by atoms with Gasteiger partial charge in [0.25, 0.3) is 0 Å². The highest BCUT2D eigenvalue weighted by Crippen LogP contribution is 2.42. The van der Waals surface area contributed by atoms with Crippen LogP contribution in [0.1, 0.15) is 30.7 Å². The van der Waals surface area contributed by atoms with Gasteiger partial charge in [-0.2, -0.15) is 0 Å². The van der Waals surface area contributed by atoms with E-state index in [2.05, 4.69) is 38.1 Å². The molecule has 8 heteroatoms. The van der Waals surface area contributed by atoms with Crippen molar-refractivity contribution < 1.29 is 4.79 Å². The first-order chi connectivity index (χ1) is 11.7. The van der Waals surface area contributed by atoms with Crippen molar-refractivity contribution in [3.05, 3.63) is 29.3 Å². The number of anilines is 1. The van der Waals surface area contributed by atoms with E-state index in [4.69, 9.17) is 0 Å². The Balaban J connectivity index is 1.41. The fraction of sp³-hybridized carbons (Fsp3) is 0.375. The lowest BCUT2D eigenvalue weighted by Crippen LogP contribution is -2.14. The Hall–Kier alpha value is -1.93. The standard InChI is InChI=1S/C16H17N5OS2/c1-2-21-12-6-4-3-5-11(12)17-16(21)23-9-13(22)18-15-20-19-14(24-15)10-7-8-10/h3-6,10H,2,7-9H2,1H3,(H,18,20,22). The molecular formula is C16H17N5OS2.